The largest absolute Gasteiger partial charge is 0.494 e. The maximum atomic E-state index is 12.2. The highest BCUT2D eigenvalue weighted by Gasteiger charge is 2.31. The van der Waals surface area contributed by atoms with Gasteiger partial charge in [-0.25, -0.2) is 0 Å². The summed E-state index contributed by atoms with van der Waals surface area (Å²) in [4.78, 5) is 15.6. The van der Waals surface area contributed by atoms with Gasteiger partial charge in [0.05, 0.1) is 12.6 Å². The van der Waals surface area contributed by atoms with Crippen LogP contribution in [0.25, 0.3) is 0 Å². The van der Waals surface area contributed by atoms with Crippen molar-refractivity contribution in [2.24, 2.45) is 0 Å². The van der Waals surface area contributed by atoms with Crippen molar-refractivity contribution in [3.63, 3.8) is 0 Å². The van der Waals surface area contributed by atoms with Crippen LogP contribution in [0, 0.1) is 0 Å². The van der Waals surface area contributed by atoms with Gasteiger partial charge in [-0.15, -0.1) is 11.3 Å². The molecule has 1 aliphatic rings. The van der Waals surface area contributed by atoms with Gasteiger partial charge in [0.1, 0.15) is 5.75 Å². The first-order valence-corrected chi connectivity index (χ1v) is 10.9. The number of para-hydroxylation sites is 1. The van der Waals surface area contributed by atoms with E-state index in [0.717, 1.165) is 35.5 Å². The first kappa shape index (κ1) is 19.5. The van der Waals surface area contributed by atoms with Gasteiger partial charge < -0.3 is 15.0 Å². The van der Waals surface area contributed by atoms with Crippen molar-refractivity contribution in [2.45, 2.75) is 32.9 Å². The lowest BCUT2D eigenvalue weighted by Gasteiger charge is -2.35. The van der Waals surface area contributed by atoms with Crippen LogP contribution in [0.3, 0.4) is 0 Å². The van der Waals surface area contributed by atoms with Crippen LogP contribution in [0.5, 0.6) is 5.75 Å². The summed E-state index contributed by atoms with van der Waals surface area (Å²) in [5.41, 5.74) is 4.61. The van der Waals surface area contributed by atoms with Crippen LogP contribution in [-0.2, 0) is 17.8 Å². The second-order valence-electron chi connectivity index (χ2n) is 7.18. The van der Waals surface area contributed by atoms with Crippen LogP contribution >= 0.6 is 11.3 Å². The molecule has 0 saturated carbocycles. The van der Waals surface area contributed by atoms with Crippen LogP contribution in [0.1, 0.15) is 41.5 Å². The maximum absolute atomic E-state index is 12.2. The van der Waals surface area contributed by atoms with Gasteiger partial charge in [-0.2, -0.15) is 0 Å². The molecule has 0 aliphatic carbocycles. The summed E-state index contributed by atoms with van der Waals surface area (Å²) in [5.74, 6) is 1.05. The van der Waals surface area contributed by atoms with Gasteiger partial charge in [-0.3, -0.25) is 4.79 Å². The lowest BCUT2D eigenvalue weighted by molar-refractivity contribution is -0.130. The molecule has 1 amide bonds. The molecule has 5 heteroatoms. The number of hydrogen-bond donors (Lipinski definition) is 1. The fourth-order valence-electron chi connectivity index (χ4n) is 3.94. The first-order chi connectivity index (χ1) is 14.2. The van der Waals surface area contributed by atoms with E-state index < -0.39 is 0 Å². The van der Waals surface area contributed by atoms with E-state index in [1.165, 1.54) is 10.4 Å². The van der Waals surface area contributed by atoms with Crippen molar-refractivity contribution in [1.82, 2.24) is 4.90 Å². The molecule has 4 rings (SSSR count). The summed E-state index contributed by atoms with van der Waals surface area (Å²) in [6.07, 6.45) is 0.946. The summed E-state index contributed by atoms with van der Waals surface area (Å²) in [6, 6.07) is 18.7. The van der Waals surface area contributed by atoms with Gasteiger partial charge in [0.25, 0.3) is 0 Å². The maximum Gasteiger partial charge on any atom is 0.220 e. The molecule has 2 aromatic carbocycles. The third-order valence-electron chi connectivity index (χ3n) is 5.35. The lowest BCUT2D eigenvalue weighted by atomic mass is 9.93. The minimum atomic E-state index is 0.00947. The van der Waals surface area contributed by atoms with Crippen molar-refractivity contribution in [3.05, 3.63) is 81.5 Å². The van der Waals surface area contributed by atoms with E-state index in [9.17, 15) is 4.79 Å². The van der Waals surface area contributed by atoms with Crippen LogP contribution in [-0.4, -0.2) is 24.0 Å². The van der Waals surface area contributed by atoms with E-state index in [2.05, 4.69) is 47.1 Å². The second kappa shape index (κ2) is 8.70. The second-order valence-corrected chi connectivity index (χ2v) is 8.18. The third-order valence-corrected chi connectivity index (χ3v) is 6.35. The standard InChI is InChI=1S/C24H26N2O2S/c1-3-28-22-7-5-4-6-19(22)16-25-20-10-8-18(9-11-20)24-21-13-15-29-23(21)12-14-26(24)17(2)27/h4-11,13,15,24-25H,3,12,14,16H2,1-2H3/t24-/m1/s1. The SMILES string of the molecule is CCOc1ccccc1CNc1ccc([C@@H]2c3ccsc3CCN2C(C)=O)cc1. The molecule has 0 saturated heterocycles. The molecule has 29 heavy (non-hydrogen) atoms. The summed E-state index contributed by atoms with van der Waals surface area (Å²) < 4.78 is 5.71. The predicted octanol–water partition coefficient (Wildman–Crippen LogP) is 5.25. The van der Waals surface area contributed by atoms with Gasteiger partial charge in [-0.05, 0) is 54.1 Å². The molecular formula is C24H26N2O2S. The first-order valence-electron chi connectivity index (χ1n) is 10.1. The number of rotatable bonds is 6. The van der Waals surface area contributed by atoms with Crippen molar-refractivity contribution in [3.8, 4) is 5.75 Å². The number of nitrogens with one attached hydrogen (secondary N) is 1. The quantitative estimate of drug-likeness (QED) is 0.608. The Bertz CT molecular complexity index is 981. The average molecular weight is 407 g/mol. The molecule has 1 atom stereocenters. The van der Waals surface area contributed by atoms with Crippen LogP contribution in [0.15, 0.2) is 60.0 Å². The van der Waals surface area contributed by atoms with Gasteiger partial charge in [0.2, 0.25) is 5.91 Å². The number of amides is 1. The Labute approximate surface area is 176 Å². The van der Waals surface area contributed by atoms with Crippen LogP contribution < -0.4 is 10.1 Å². The fourth-order valence-corrected chi connectivity index (χ4v) is 4.85. The van der Waals surface area contributed by atoms with E-state index >= 15 is 0 Å². The van der Waals surface area contributed by atoms with Crippen molar-refractivity contribution in [2.75, 3.05) is 18.5 Å². The average Bonchev–Trinajstić information content (AvgIpc) is 3.22. The molecule has 0 bridgehead atoms. The number of carbonyl (C=O) groups excluding carboxylic acids is 1. The summed E-state index contributed by atoms with van der Waals surface area (Å²) in [6.45, 7) is 5.80. The van der Waals surface area contributed by atoms with E-state index in [1.54, 1.807) is 18.3 Å². The smallest absolute Gasteiger partial charge is 0.220 e. The number of carbonyl (C=O) groups is 1. The molecule has 0 radical (unpaired) electrons. The molecule has 1 aliphatic heterocycles. The van der Waals surface area contributed by atoms with Crippen molar-refractivity contribution < 1.29 is 9.53 Å². The number of ether oxygens (including phenoxy) is 1. The highest BCUT2D eigenvalue weighted by Crippen LogP contribution is 2.38. The van der Waals surface area contributed by atoms with E-state index in [1.807, 2.05) is 30.0 Å². The highest BCUT2D eigenvalue weighted by atomic mass is 32.1. The highest BCUT2D eigenvalue weighted by molar-refractivity contribution is 7.10. The number of fused-ring (bicyclic) bond motifs is 1. The summed E-state index contributed by atoms with van der Waals surface area (Å²) in [7, 11) is 0. The van der Waals surface area contributed by atoms with Gasteiger partial charge >= 0.3 is 0 Å². The number of nitrogens with zero attached hydrogens (tertiary/aromatic N) is 1. The zero-order valence-corrected chi connectivity index (χ0v) is 17.7. The number of hydrogen-bond acceptors (Lipinski definition) is 4. The van der Waals surface area contributed by atoms with Gasteiger partial charge in [0, 0.05) is 36.1 Å². The molecule has 1 N–H and O–H groups in total. The van der Waals surface area contributed by atoms with E-state index in [-0.39, 0.29) is 11.9 Å². The Morgan fingerprint density at radius 1 is 1.17 bits per heavy atom. The Balaban J connectivity index is 1.52. The summed E-state index contributed by atoms with van der Waals surface area (Å²) >= 11 is 1.79. The molecule has 4 nitrogen and oxygen atoms in total. The molecule has 0 fully saturated rings. The molecule has 0 unspecified atom stereocenters. The van der Waals surface area contributed by atoms with E-state index in [4.69, 9.17) is 4.74 Å². The molecule has 0 spiro atoms. The van der Waals surface area contributed by atoms with Gasteiger partial charge in [-0.1, -0.05) is 30.3 Å². The zero-order chi connectivity index (χ0) is 20.2. The predicted molar refractivity (Wildman–Crippen MR) is 119 cm³/mol. The molecule has 2 heterocycles. The topological polar surface area (TPSA) is 41.6 Å². The normalized spacial score (nSPS) is 15.7. The van der Waals surface area contributed by atoms with Crippen molar-refractivity contribution in [1.29, 1.82) is 0 Å². The van der Waals surface area contributed by atoms with Crippen LogP contribution in [0.4, 0.5) is 5.69 Å². The fraction of sp³-hybridized carbons (Fsp3) is 0.292. The number of benzene rings is 2. The molecular weight excluding hydrogens is 380 g/mol. The monoisotopic (exact) mass is 406 g/mol. The summed E-state index contributed by atoms with van der Waals surface area (Å²) in [5, 5.41) is 5.61. The lowest BCUT2D eigenvalue weighted by Crippen LogP contribution is -2.38. The van der Waals surface area contributed by atoms with E-state index in [0.29, 0.717) is 13.2 Å². The van der Waals surface area contributed by atoms with Crippen LogP contribution in [0.2, 0.25) is 0 Å². The Morgan fingerprint density at radius 3 is 2.72 bits per heavy atom. The van der Waals surface area contributed by atoms with Gasteiger partial charge in [0.15, 0.2) is 0 Å². The zero-order valence-electron chi connectivity index (χ0n) is 16.9. The minimum absolute atomic E-state index is 0.00947. The molecule has 1 aromatic heterocycles. The Kier molecular flexibility index (Phi) is 5.86. The molecule has 3 aromatic rings. The molecule has 150 valence electrons. The Morgan fingerprint density at radius 2 is 1.97 bits per heavy atom. The minimum Gasteiger partial charge on any atom is -0.494 e. The number of thiophene rings is 1. The number of anilines is 1. The third kappa shape index (κ3) is 4.15. The Hall–Kier alpha value is -2.79. The van der Waals surface area contributed by atoms with Crippen molar-refractivity contribution >= 4 is 22.9 Å².